The number of quaternary nitrogens is 2. The lowest BCUT2D eigenvalue weighted by Gasteiger charge is -2.19. The van der Waals surface area contributed by atoms with Crippen LogP contribution in [0.3, 0.4) is 0 Å². The minimum Gasteiger partial charge on any atom is -1.00 e. The zero-order valence-corrected chi connectivity index (χ0v) is 16.5. The van der Waals surface area contributed by atoms with Crippen LogP contribution in [0.4, 0.5) is 0 Å². The van der Waals surface area contributed by atoms with Crippen LogP contribution in [0.25, 0.3) is 0 Å². The Morgan fingerprint density at radius 3 is 1.42 bits per heavy atom. The molecule has 0 aromatic heterocycles. The Morgan fingerprint density at radius 1 is 0.731 bits per heavy atom. The number of hydrogen-bond acceptors (Lipinski definition) is 4. The SMILES string of the molecule is CC1=C(O)C(=O)C=C[NH+]1CCCCCC[NH+]1C=CC(=O)C(O)=C1C.[Cl-].[Cl-]. The van der Waals surface area contributed by atoms with Gasteiger partial charge in [-0.05, 0) is 25.7 Å². The molecule has 2 aliphatic rings. The molecular formula is C18H26Cl2N2O4. The molecular weight excluding hydrogens is 379 g/mol. The molecule has 0 saturated carbocycles. The highest BCUT2D eigenvalue weighted by Gasteiger charge is 2.24. The van der Waals surface area contributed by atoms with Gasteiger partial charge in [0.2, 0.25) is 23.1 Å². The highest BCUT2D eigenvalue weighted by Crippen LogP contribution is 2.04. The van der Waals surface area contributed by atoms with Gasteiger partial charge in [0.1, 0.15) is 12.4 Å². The smallest absolute Gasteiger partial charge is 0.231 e. The zero-order valence-electron chi connectivity index (χ0n) is 15.0. The molecule has 8 heteroatoms. The summed E-state index contributed by atoms with van der Waals surface area (Å²) in [5, 5.41) is 19.3. The van der Waals surface area contributed by atoms with Gasteiger partial charge in [0, 0.05) is 26.0 Å². The number of unbranched alkanes of at least 4 members (excludes halogenated alkanes) is 3. The number of aliphatic hydroxyl groups is 2. The van der Waals surface area contributed by atoms with E-state index in [1.54, 1.807) is 26.2 Å². The van der Waals surface area contributed by atoms with E-state index in [9.17, 15) is 19.8 Å². The monoisotopic (exact) mass is 404 g/mol. The molecule has 2 heterocycles. The van der Waals surface area contributed by atoms with Crippen LogP contribution in [0.15, 0.2) is 47.5 Å². The van der Waals surface area contributed by atoms with E-state index in [2.05, 4.69) is 0 Å². The van der Waals surface area contributed by atoms with Crippen molar-refractivity contribution in [2.24, 2.45) is 0 Å². The number of rotatable bonds is 7. The topological polar surface area (TPSA) is 83.5 Å². The first-order chi connectivity index (χ1) is 11.4. The Labute approximate surface area is 166 Å². The number of carbonyl (C=O) groups excluding carboxylic acids is 2. The minimum absolute atomic E-state index is 0. The maximum atomic E-state index is 11.3. The van der Waals surface area contributed by atoms with Gasteiger partial charge in [0.25, 0.3) is 0 Å². The second-order valence-electron chi connectivity index (χ2n) is 6.31. The fraction of sp³-hybridized carbons (Fsp3) is 0.444. The van der Waals surface area contributed by atoms with E-state index in [1.165, 1.54) is 12.2 Å². The second kappa shape index (κ2) is 11.2. The van der Waals surface area contributed by atoms with Crippen LogP contribution in [-0.4, -0.2) is 34.9 Å². The third-order valence-corrected chi connectivity index (χ3v) is 4.65. The van der Waals surface area contributed by atoms with E-state index in [-0.39, 0.29) is 47.9 Å². The van der Waals surface area contributed by atoms with Crippen molar-refractivity contribution in [3.8, 4) is 0 Å². The van der Waals surface area contributed by atoms with Crippen LogP contribution in [-0.2, 0) is 9.59 Å². The van der Waals surface area contributed by atoms with E-state index in [0.29, 0.717) is 11.4 Å². The zero-order chi connectivity index (χ0) is 17.7. The largest absolute Gasteiger partial charge is 1.00 e. The van der Waals surface area contributed by atoms with Gasteiger partial charge < -0.3 is 35.0 Å². The molecule has 0 spiro atoms. The number of allylic oxidation sites excluding steroid dienone is 4. The molecule has 0 aromatic rings. The van der Waals surface area contributed by atoms with Crippen molar-refractivity contribution in [2.45, 2.75) is 39.5 Å². The minimum atomic E-state index is -0.320. The summed E-state index contributed by atoms with van der Waals surface area (Å²) in [4.78, 5) is 24.7. The van der Waals surface area contributed by atoms with Gasteiger partial charge in [0.15, 0.2) is 11.4 Å². The molecule has 2 aliphatic heterocycles. The van der Waals surface area contributed by atoms with Crippen LogP contribution >= 0.6 is 0 Å². The third-order valence-electron chi connectivity index (χ3n) is 4.65. The van der Waals surface area contributed by atoms with E-state index in [4.69, 9.17) is 0 Å². The molecule has 0 aliphatic carbocycles. The highest BCUT2D eigenvalue weighted by atomic mass is 35.5. The van der Waals surface area contributed by atoms with E-state index < -0.39 is 0 Å². The molecule has 6 nitrogen and oxygen atoms in total. The van der Waals surface area contributed by atoms with Crippen molar-refractivity contribution < 1.29 is 54.4 Å². The Morgan fingerprint density at radius 2 is 1.08 bits per heavy atom. The van der Waals surface area contributed by atoms with Crippen LogP contribution in [0.2, 0.25) is 0 Å². The first-order valence-corrected chi connectivity index (χ1v) is 8.38. The number of ketones is 2. The predicted molar refractivity (Wildman–Crippen MR) is 89.1 cm³/mol. The van der Waals surface area contributed by atoms with Crippen LogP contribution in [0, 0.1) is 0 Å². The van der Waals surface area contributed by atoms with Gasteiger partial charge in [-0.1, -0.05) is 0 Å². The number of hydrogen-bond donors (Lipinski definition) is 4. The first-order valence-electron chi connectivity index (χ1n) is 8.38. The van der Waals surface area contributed by atoms with Crippen molar-refractivity contribution in [1.29, 1.82) is 0 Å². The average Bonchev–Trinajstić information content (AvgIpc) is 2.57. The summed E-state index contributed by atoms with van der Waals surface area (Å²) in [5.41, 5.74) is 1.37. The third kappa shape index (κ3) is 5.99. The molecule has 2 atom stereocenters. The lowest BCUT2D eigenvalue weighted by Crippen LogP contribution is -3.06. The standard InChI is InChI=1S/C18H24N2O4.2ClH/c1-13-17(23)15(21)7-11-19(13)9-5-3-4-6-10-20-12-8-16(22)18(24)14(20)2;;/h7-8,11-12,23-24H,3-6,9-10H2,1-2H3;2*1H. The Bertz CT molecular complexity index is 598. The van der Waals surface area contributed by atoms with Gasteiger partial charge in [-0.15, -0.1) is 0 Å². The summed E-state index contributed by atoms with van der Waals surface area (Å²) in [6, 6.07) is 0. The van der Waals surface area contributed by atoms with Crippen LogP contribution in [0.1, 0.15) is 39.5 Å². The average molecular weight is 405 g/mol. The summed E-state index contributed by atoms with van der Waals surface area (Å²) in [7, 11) is 0. The molecule has 4 N–H and O–H groups in total. The van der Waals surface area contributed by atoms with Crippen LogP contribution < -0.4 is 34.6 Å². The van der Waals surface area contributed by atoms with Crippen LogP contribution in [0.5, 0.6) is 0 Å². The van der Waals surface area contributed by atoms with Gasteiger partial charge in [-0.25, -0.2) is 0 Å². The number of nitrogens with one attached hydrogen (secondary N) is 2. The molecule has 0 radical (unpaired) electrons. The fourth-order valence-corrected chi connectivity index (χ4v) is 2.96. The quantitative estimate of drug-likeness (QED) is 0.318. The summed E-state index contributed by atoms with van der Waals surface area (Å²) >= 11 is 0. The van der Waals surface area contributed by atoms with Crippen molar-refractivity contribution in [2.75, 3.05) is 13.1 Å². The molecule has 2 rings (SSSR count). The van der Waals surface area contributed by atoms with E-state index in [1.807, 2.05) is 0 Å². The molecule has 0 amide bonds. The number of carbonyl (C=O) groups is 2. The van der Waals surface area contributed by atoms with Gasteiger partial charge in [0.05, 0.1) is 13.1 Å². The van der Waals surface area contributed by atoms with Gasteiger partial charge >= 0.3 is 0 Å². The van der Waals surface area contributed by atoms with Crippen molar-refractivity contribution in [3.05, 3.63) is 47.5 Å². The number of aliphatic hydroxyl groups excluding tert-OH is 2. The normalized spacial score (nSPS) is 22.4. The van der Waals surface area contributed by atoms with Gasteiger partial charge in [-0.2, -0.15) is 0 Å². The lowest BCUT2D eigenvalue weighted by atomic mass is 10.1. The summed E-state index contributed by atoms with van der Waals surface area (Å²) in [6.45, 7) is 5.26. The van der Waals surface area contributed by atoms with Gasteiger partial charge in [-0.3, -0.25) is 19.4 Å². The molecule has 0 fully saturated rings. The Kier molecular flexibility index (Phi) is 10.5. The predicted octanol–water partition coefficient (Wildman–Crippen LogP) is -5.90. The molecule has 2 unspecified atom stereocenters. The summed E-state index contributed by atoms with van der Waals surface area (Å²) < 4.78 is 0. The highest BCUT2D eigenvalue weighted by molar-refractivity contribution is 6.02. The van der Waals surface area contributed by atoms with Crippen molar-refractivity contribution >= 4 is 11.6 Å². The van der Waals surface area contributed by atoms with Crippen molar-refractivity contribution in [1.82, 2.24) is 0 Å². The van der Waals surface area contributed by atoms with Crippen molar-refractivity contribution in [3.63, 3.8) is 0 Å². The lowest BCUT2D eigenvalue weighted by molar-refractivity contribution is -0.808. The second-order valence-corrected chi connectivity index (χ2v) is 6.31. The fourth-order valence-electron chi connectivity index (χ4n) is 2.96. The molecule has 146 valence electrons. The van der Waals surface area contributed by atoms with E-state index >= 15 is 0 Å². The summed E-state index contributed by atoms with van der Waals surface area (Å²) in [5.74, 6) is -0.910. The Balaban J connectivity index is 0.00000312. The first kappa shape index (κ1) is 24.4. The maximum Gasteiger partial charge on any atom is 0.231 e. The maximum absolute atomic E-state index is 11.3. The van der Waals surface area contributed by atoms with E-state index in [0.717, 1.165) is 48.6 Å². The molecule has 0 saturated heterocycles. The molecule has 0 bridgehead atoms. The molecule has 0 aromatic carbocycles. The Hall–Kier alpha value is -1.60. The molecule has 26 heavy (non-hydrogen) atoms. The summed E-state index contributed by atoms with van der Waals surface area (Å²) in [6.07, 6.45) is 10.6. The number of halogens is 2.